The van der Waals surface area contributed by atoms with Gasteiger partial charge in [0.15, 0.2) is 0 Å². The standard InChI is InChI=1S/C25H37NO3/c1-18-7-10-20-15-23(18)24(29-25(20,2)3)19-8-11-22(12-9-19)28-17-21(27)16-26-13-5-4-6-14-26/h7-9,11-12,20-21,23-24,27H,4-6,10,13-17H2,1-3H3/t20-,21-,23-,24+/m1/s1. The summed E-state index contributed by atoms with van der Waals surface area (Å²) in [6.45, 7) is 9.95. The van der Waals surface area contributed by atoms with Crippen LogP contribution >= 0.6 is 0 Å². The molecule has 0 amide bonds. The highest BCUT2D eigenvalue weighted by Crippen LogP contribution is 2.50. The molecule has 2 aliphatic heterocycles. The van der Waals surface area contributed by atoms with E-state index in [4.69, 9.17) is 9.47 Å². The fraction of sp³-hybridized carbons (Fsp3) is 0.680. The van der Waals surface area contributed by atoms with Crippen LogP contribution in [0.1, 0.15) is 64.5 Å². The molecular weight excluding hydrogens is 362 g/mol. The van der Waals surface area contributed by atoms with Crippen LogP contribution in [-0.2, 0) is 4.74 Å². The smallest absolute Gasteiger partial charge is 0.119 e. The topological polar surface area (TPSA) is 41.9 Å². The molecular formula is C25H37NO3. The second kappa shape index (κ2) is 8.79. The Hall–Kier alpha value is -1.36. The number of rotatable bonds is 6. The monoisotopic (exact) mass is 399 g/mol. The lowest BCUT2D eigenvalue weighted by Gasteiger charge is -2.49. The zero-order chi connectivity index (χ0) is 20.4. The SMILES string of the molecule is CC1=CC[C@@H]2C[C@H]1[C@H](c1ccc(OC[C@H](O)CN3CCCCC3)cc1)OC2(C)C. The first kappa shape index (κ1) is 20.9. The van der Waals surface area contributed by atoms with Gasteiger partial charge in [-0.15, -0.1) is 0 Å². The molecule has 29 heavy (non-hydrogen) atoms. The minimum Gasteiger partial charge on any atom is -0.491 e. The molecule has 4 nitrogen and oxygen atoms in total. The van der Waals surface area contributed by atoms with E-state index >= 15 is 0 Å². The van der Waals surface area contributed by atoms with Crippen LogP contribution < -0.4 is 4.74 Å². The number of nitrogens with zero attached hydrogens (tertiary/aromatic N) is 1. The zero-order valence-electron chi connectivity index (χ0n) is 18.3. The molecule has 0 unspecified atom stereocenters. The molecule has 1 N–H and O–H groups in total. The molecule has 1 aromatic carbocycles. The normalized spacial score (nSPS) is 30.5. The van der Waals surface area contributed by atoms with Crippen molar-refractivity contribution >= 4 is 0 Å². The Morgan fingerprint density at radius 1 is 1.17 bits per heavy atom. The Kier molecular flexibility index (Phi) is 6.33. The maximum Gasteiger partial charge on any atom is 0.119 e. The minimum absolute atomic E-state index is 0.0912. The Balaban J connectivity index is 1.35. The van der Waals surface area contributed by atoms with Crippen LogP contribution in [0.3, 0.4) is 0 Å². The molecule has 1 aliphatic carbocycles. The van der Waals surface area contributed by atoms with Crippen molar-refractivity contribution in [2.45, 2.75) is 70.7 Å². The number of allylic oxidation sites excluding steroid dienone is 1. The van der Waals surface area contributed by atoms with E-state index < -0.39 is 6.10 Å². The molecule has 0 radical (unpaired) electrons. The average Bonchev–Trinajstić information content (AvgIpc) is 2.72. The first-order valence-electron chi connectivity index (χ1n) is 11.4. The molecule has 2 fully saturated rings. The van der Waals surface area contributed by atoms with Gasteiger partial charge in [-0.3, -0.25) is 0 Å². The van der Waals surface area contributed by atoms with Gasteiger partial charge in [0.25, 0.3) is 0 Å². The number of benzene rings is 1. The molecule has 0 saturated carbocycles. The summed E-state index contributed by atoms with van der Waals surface area (Å²) in [5, 5.41) is 10.3. The summed E-state index contributed by atoms with van der Waals surface area (Å²) in [6, 6.07) is 8.31. The van der Waals surface area contributed by atoms with Gasteiger partial charge in [0.1, 0.15) is 18.5 Å². The van der Waals surface area contributed by atoms with Gasteiger partial charge in [0, 0.05) is 12.5 Å². The predicted molar refractivity (Wildman–Crippen MR) is 116 cm³/mol. The van der Waals surface area contributed by atoms with Crippen LogP contribution in [0.4, 0.5) is 0 Å². The molecule has 4 heteroatoms. The van der Waals surface area contributed by atoms with Crippen molar-refractivity contribution in [3.05, 3.63) is 41.5 Å². The van der Waals surface area contributed by atoms with Crippen molar-refractivity contribution in [2.24, 2.45) is 11.8 Å². The molecule has 1 aromatic rings. The molecule has 2 heterocycles. The molecule has 2 bridgehead atoms. The van der Waals surface area contributed by atoms with Crippen LogP contribution in [0, 0.1) is 11.8 Å². The van der Waals surface area contributed by atoms with Gasteiger partial charge in [-0.1, -0.05) is 30.2 Å². The zero-order valence-corrected chi connectivity index (χ0v) is 18.3. The number of piperidine rings is 1. The number of fused-ring (bicyclic) bond motifs is 2. The van der Waals surface area contributed by atoms with E-state index in [1.165, 1.54) is 36.8 Å². The summed E-state index contributed by atoms with van der Waals surface area (Å²) in [4.78, 5) is 2.34. The summed E-state index contributed by atoms with van der Waals surface area (Å²) in [5.41, 5.74) is 2.59. The molecule has 0 aromatic heterocycles. The molecule has 4 rings (SSSR count). The Labute approximate surface area is 175 Å². The minimum atomic E-state index is -0.442. The Bertz CT molecular complexity index is 705. The highest BCUT2D eigenvalue weighted by molar-refractivity contribution is 5.31. The van der Waals surface area contributed by atoms with Crippen molar-refractivity contribution in [1.82, 2.24) is 4.90 Å². The second-order valence-corrected chi connectivity index (χ2v) is 9.76. The number of ether oxygens (including phenoxy) is 2. The number of likely N-dealkylation sites (tertiary alicyclic amines) is 1. The second-order valence-electron chi connectivity index (χ2n) is 9.76. The highest BCUT2D eigenvalue weighted by atomic mass is 16.5. The van der Waals surface area contributed by atoms with Gasteiger partial charge in [0.05, 0.1) is 11.7 Å². The van der Waals surface area contributed by atoms with Crippen molar-refractivity contribution in [3.63, 3.8) is 0 Å². The third-order valence-corrected chi connectivity index (χ3v) is 7.20. The van der Waals surface area contributed by atoms with Crippen molar-refractivity contribution in [2.75, 3.05) is 26.2 Å². The van der Waals surface area contributed by atoms with Gasteiger partial charge in [-0.25, -0.2) is 0 Å². The highest BCUT2D eigenvalue weighted by Gasteiger charge is 2.45. The number of hydrogen-bond donors (Lipinski definition) is 1. The third-order valence-electron chi connectivity index (χ3n) is 7.20. The van der Waals surface area contributed by atoms with E-state index in [-0.39, 0.29) is 11.7 Å². The number of aliphatic hydroxyl groups is 1. The molecule has 2 saturated heterocycles. The van der Waals surface area contributed by atoms with Crippen molar-refractivity contribution in [3.8, 4) is 5.75 Å². The van der Waals surface area contributed by atoms with E-state index in [0.29, 0.717) is 25.0 Å². The van der Waals surface area contributed by atoms with Gasteiger partial charge >= 0.3 is 0 Å². The van der Waals surface area contributed by atoms with Crippen LogP contribution in [-0.4, -0.2) is 48.0 Å². The van der Waals surface area contributed by atoms with Crippen LogP contribution in [0.25, 0.3) is 0 Å². The Morgan fingerprint density at radius 2 is 1.90 bits per heavy atom. The lowest BCUT2D eigenvalue weighted by atomic mass is 9.69. The summed E-state index contributed by atoms with van der Waals surface area (Å²) in [6.07, 6.45) is 8.22. The summed E-state index contributed by atoms with van der Waals surface area (Å²) < 4.78 is 12.5. The average molecular weight is 400 g/mol. The maximum atomic E-state index is 10.3. The largest absolute Gasteiger partial charge is 0.491 e. The van der Waals surface area contributed by atoms with E-state index in [1.807, 2.05) is 12.1 Å². The fourth-order valence-electron chi connectivity index (χ4n) is 5.24. The van der Waals surface area contributed by atoms with Crippen LogP contribution in [0.15, 0.2) is 35.9 Å². The van der Waals surface area contributed by atoms with Crippen LogP contribution in [0.5, 0.6) is 5.75 Å². The molecule has 4 atom stereocenters. The van der Waals surface area contributed by atoms with E-state index in [1.54, 1.807) is 0 Å². The Morgan fingerprint density at radius 3 is 2.62 bits per heavy atom. The molecule has 0 spiro atoms. The maximum absolute atomic E-state index is 10.3. The quantitative estimate of drug-likeness (QED) is 0.702. The van der Waals surface area contributed by atoms with Crippen molar-refractivity contribution in [1.29, 1.82) is 0 Å². The lowest BCUT2D eigenvalue weighted by molar-refractivity contribution is -0.166. The van der Waals surface area contributed by atoms with E-state index in [2.05, 4.69) is 43.9 Å². The summed E-state index contributed by atoms with van der Waals surface area (Å²) >= 11 is 0. The molecule has 160 valence electrons. The van der Waals surface area contributed by atoms with Crippen molar-refractivity contribution < 1.29 is 14.6 Å². The van der Waals surface area contributed by atoms with E-state index in [9.17, 15) is 5.11 Å². The fourth-order valence-corrected chi connectivity index (χ4v) is 5.24. The number of hydrogen-bond acceptors (Lipinski definition) is 4. The summed E-state index contributed by atoms with van der Waals surface area (Å²) in [5.74, 6) is 1.90. The molecule has 3 aliphatic rings. The predicted octanol–water partition coefficient (Wildman–Crippen LogP) is 4.73. The van der Waals surface area contributed by atoms with Gasteiger partial charge in [-0.2, -0.15) is 0 Å². The number of aliphatic hydroxyl groups excluding tert-OH is 1. The third kappa shape index (κ3) is 4.87. The first-order chi connectivity index (χ1) is 13.9. The van der Waals surface area contributed by atoms with Crippen LogP contribution in [0.2, 0.25) is 0 Å². The lowest BCUT2D eigenvalue weighted by Crippen LogP contribution is -2.45. The van der Waals surface area contributed by atoms with Gasteiger partial charge < -0.3 is 19.5 Å². The number of β-amino-alcohol motifs (C(OH)–C–C–N with tert-alkyl or cyclic N) is 1. The van der Waals surface area contributed by atoms with Gasteiger partial charge in [-0.05, 0) is 83.2 Å². The van der Waals surface area contributed by atoms with E-state index in [0.717, 1.165) is 25.3 Å². The van der Waals surface area contributed by atoms with Gasteiger partial charge in [0.2, 0.25) is 0 Å². The summed E-state index contributed by atoms with van der Waals surface area (Å²) in [7, 11) is 0. The first-order valence-corrected chi connectivity index (χ1v) is 11.4.